The van der Waals surface area contributed by atoms with Gasteiger partial charge in [0.1, 0.15) is 17.5 Å². The number of pyridine rings is 1. The molecule has 1 atom stereocenters. The van der Waals surface area contributed by atoms with E-state index >= 15 is 0 Å². The maximum absolute atomic E-state index is 4.77. The highest BCUT2D eigenvalue weighted by atomic mass is 15.2. The van der Waals surface area contributed by atoms with E-state index in [0.717, 1.165) is 54.9 Å². The summed E-state index contributed by atoms with van der Waals surface area (Å²) < 4.78 is 0. The Kier molecular flexibility index (Phi) is 5.58. The molecule has 1 saturated heterocycles. The lowest BCUT2D eigenvalue weighted by molar-refractivity contribution is 0.198. The predicted molar refractivity (Wildman–Crippen MR) is 114 cm³/mol. The van der Waals surface area contributed by atoms with Crippen LogP contribution in [0.2, 0.25) is 0 Å². The molecule has 7 heteroatoms. The van der Waals surface area contributed by atoms with E-state index in [1.54, 1.807) is 0 Å². The minimum absolute atomic E-state index is 0.406. The second-order valence-electron chi connectivity index (χ2n) is 8.06. The van der Waals surface area contributed by atoms with E-state index in [4.69, 9.17) is 4.98 Å². The minimum atomic E-state index is 0.406. The first kappa shape index (κ1) is 19.5. The predicted octanol–water partition coefficient (Wildman–Crippen LogP) is 3.95. The number of nitrogens with one attached hydrogen (secondary N) is 2. The number of aromatic amines is 1. The van der Waals surface area contributed by atoms with Crippen LogP contribution in [0.1, 0.15) is 52.8 Å². The van der Waals surface area contributed by atoms with Gasteiger partial charge in [0.15, 0.2) is 0 Å². The average Bonchev–Trinajstić information content (AvgIpc) is 3.00. The molecule has 0 amide bonds. The summed E-state index contributed by atoms with van der Waals surface area (Å²) in [6.45, 7) is 11.2. The zero-order valence-corrected chi connectivity index (χ0v) is 17.7. The van der Waals surface area contributed by atoms with E-state index < -0.39 is 0 Å². The van der Waals surface area contributed by atoms with Gasteiger partial charge >= 0.3 is 0 Å². The molecule has 0 radical (unpaired) electrons. The van der Waals surface area contributed by atoms with Gasteiger partial charge in [-0.1, -0.05) is 0 Å². The van der Waals surface area contributed by atoms with Crippen LogP contribution in [-0.2, 0) is 6.54 Å². The molecule has 1 aliphatic rings. The summed E-state index contributed by atoms with van der Waals surface area (Å²) in [6.07, 6.45) is 4.13. The summed E-state index contributed by atoms with van der Waals surface area (Å²) in [5, 5.41) is 10.8. The fourth-order valence-electron chi connectivity index (χ4n) is 4.07. The Morgan fingerprint density at radius 1 is 1.14 bits per heavy atom. The average molecular weight is 392 g/mol. The summed E-state index contributed by atoms with van der Waals surface area (Å²) in [4.78, 5) is 16.2. The van der Waals surface area contributed by atoms with Crippen LogP contribution in [0.3, 0.4) is 0 Å². The minimum Gasteiger partial charge on any atom is -0.325 e. The first-order valence-corrected chi connectivity index (χ1v) is 10.3. The van der Waals surface area contributed by atoms with Crippen molar-refractivity contribution < 1.29 is 0 Å². The molecule has 3 aromatic rings. The summed E-state index contributed by atoms with van der Waals surface area (Å²) >= 11 is 0. The summed E-state index contributed by atoms with van der Waals surface area (Å²) in [5.41, 5.74) is 5.86. The van der Waals surface area contributed by atoms with Gasteiger partial charge in [0.2, 0.25) is 0 Å². The second-order valence-corrected chi connectivity index (χ2v) is 8.06. The molecule has 4 rings (SSSR count). The molecule has 0 spiro atoms. The molecule has 0 saturated carbocycles. The molecular weight excluding hydrogens is 362 g/mol. The van der Waals surface area contributed by atoms with Crippen LogP contribution in [0.15, 0.2) is 24.4 Å². The molecule has 0 bridgehead atoms. The van der Waals surface area contributed by atoms with Crippen molar-refractivity contribution in [3.05, 3.63) is 58.4 Å². The third-order valence-corrected chi connectivity index (χ3v) is 5.62. The summed E-state index contributed by atoms with van der Waals surface area (Å²) in [5.74, 6) is 2.81. The number of H-pyrrole nitrogens is 1. The number of nitrogens with zero attached hydrogens (tertiary/aromatic N) is 5. The Morgan fingerprint density at radius 3 is 2.76 bits per heavy atom. The quantitative estimate of drug-likeness (QED) is 0.685. The van der Waals surface area contributed by atoms with Gasteiger partial charge in [0.25, 0.3) is 0 Å². The standard InChI is InChI=1S/C22H29N7/c1-14-7-8-23-21(10-14)26-22-11-20(24-17(4)25-22)18-6-5-9-29(12-18)13-19-15(2)27-28-16(19)3/h7-8,10-11,18H,5-6,9,12-13H2,1-4H3,(H,27,28)(H,23,24,25,26). The molecular formula is C22H29N7. The van der Waals surface area contributed by atoms with Gasteiger partial charge in [-0.3, -0.25) is 10.00 Å². The number of hydrogen-bond donors (Lipinski definition) is 2. The first-order chi connectivity index (χ1) is 14.0. The molecule has 4 heterocycles. The largest absolute Gasteiger partial charge is 0.325 e. The zero-order chi connectivity index (χ0) is 20.4. The molecule has 2 N–H and O–H groups in total. The number of anilines is 2. The van der Waals surface area contributed by atoms with E-state index in [-0.39, 0.29) is 0 Å². The highest BCUT2D eigenvalue weighted by Crippen LogP contribution is 2.29. The highest BCUT2D eigenvalue weighted by molar-refractivity contribution is 5.52. The van der Waals surface area contributed by atoms with Crippen molar-refractivity contribution in [1.29, 1.82) is 0 Å². The van der Waals surface area contributed by atoms with E-state index in [1.807, 2.05) is 25.3 Å². The third-order valence-electron chi connectivity index (χ3n) is 5.62. The van der Waals surface area contributed by atoms with Crippen molar-refractivity contribution in [3.8, 4) is 0 Å². The van der Waals surface area contributed by atoms with Crippen LogP contribution < -0.4 is 5.32 Å². The van der Waals surface area contributed by atoms with Gasteiger partial charge in [-0.15, -0.1) is 0 Å². The van der Waals surface area contributed by atoms with Crippen molar-refractivity contribution >= 4 is 11.6 Å². The summed E-state index contributed by atoms with van der Waals surface area (Å²) in [6, 6.07) is 6.09. The van der Waals surface area contributed by atoms with Crippen LogP contribution in [0.25, 0.3) is 0 Å². The molecule has 3 aromatic heterocycles. The monoisotopic (exact) mass is 391 g/mol. The number of aryl methyl sites for hydroxylation is 4. The molecule has 1 fully saturated rings. The van der Waals surface area contributed by atoms with E-state index in [9.17, 15) is 0 Å². The Labute approximate surface area is 172 Å². The van der Waals surface area contributed by atoms with Crippen LogP contribution >= 0.6 is 0 Å². The fourth-order valence-corrected chi connectivity index (χ4v) is 4.07. The van der Waals surface area contributed by atoms with Crippen molar-refractivity contribution in [3.63, 3.8) is 0 Å². The molecule has 7 nitrogen and oxygen atoms in total. The van der Waals surface area contributed by atoms with Gasteiger partial charge in [-0.2, -0.15) is 5.10 Å². The van der Waals surface area contributed by atoms with Crippen molar-refractivity contribution in [2.45, 2.75) is 53.0 Å². The van der Waals surface area contributed by atoms with Gasteiger partial charge in [0, 0.05) is 42.5 Å². The molecule has 0 aromatic carbocycles. The lowest BCUT2D eigenvalue weighted by Crippen LogP contribution is -2.34. The topological polar surface area (TPSA) is 82.6 Å². The third kappa shape index (κ3) is 4.62. The van der Waals surface area contributed by atoms with Gasteiger partial charge in [-0.05, 0) is 64.8 Å². The SMILES string of the molecule is Cc1ccnc(Nc2cc(C3CCCN(Cc4c(C)n[nH]c4C)C3)nc(C)n2)c1. The van der Waals surface area contributed by atoms with Crippen molar-refractivity contribution in [2.24, 2.45) is 0 Å². The van der Waals surface area contributed by atoms with Crippen LogP contribution in [0, 0.1) is 27.7 Å². The Hall–Kier alpha value is -2.80. The molecule has 0 aliphatic carbocycles. The number of aromatic nitrogens is 5. The van der Waals surface area contributed by atoms with Crippen LogP contribution in [-0.4, -0.2) is 43.1 Å². The smallest absolute Gasteiger partial charge is 0.135 e. The maximum Gasteiger partial charge on any atom is 0.135 e. The van der Waals surface area contributed by atoms with Crippen LogP contribution in [0.4, 0.5) is 11.6 Å². The first-order valence-electron chi connectivity index (χ1n) is 10.3. The molecule has 152 valence electrons. The van der Waals surface area contributed by atoms with Crippen molar-refractivity contribution in [1.82, 2.24) is 30.0 Å². The molecule has 29 heavy (non-hydrogen) atoms. The van der Waals surface area contributed by atoms with Gasteiger partial charge in [0.05, 0.1) is 11.4 Å². The van der Waals surface area contributed by atoms with Crippen molar-refractivity contribution in [2.75, 3.05) is 18.4 Å². The number of rotatable bonds is 5. The summed E-state index contributed by atoms with van der Waals surface area (Å²) in [7, 11) is 0. The van der Waals surface area contributed by atoms with E-state index in [0.29, 0.717) is 5.92 Å². The van der Waals surface area contributed by atoms with Gasteiger partial charge < -0.3 is 5.32 Å². The molecule has 1 unspecified atom stereocenters. The highest BCUT2D eigenvalue weighted by Gasteiger charge is 2.24. The van der Waals surface area contributed by atoms with E-state index in [2.05, 4.69) is 57.2 Å². The Balaban J connectivity index is 1.50. The van der Waals surface area contributed by atoms with Gasteiger partial charge in [-0.25, -0.2) is 15.0 Å². The zero-order valence-electron chi connectivity index (χ0n) is 17.7. The number of piperidine rings is 1. The van der Waals surface area contributed by atoms with E-state index in [1.165, 1.54) is 23.2 Å². The Morgan fingerprint density at radius 2 is 2.00 bits per heavy atom. The van der Waals surface area contributed by atoms with Crippen LogP contribution in [0.5, 0.6) is 0 Å². The normalized spacial score (nSPS) is 17.4. The molecule has 1 aliphatic heterocycles. The lowest BCUT2D eigenvalue weighted by atomic mass is 9.94. The number of likely N-dealkylation sites (tertiary alicyclic amines) is 1. The second kappa shape index (κ2) is 8.29. The maximum atomic E-state index is 4.77. The lowest BCUT2D eigenvalue weighted by Gasteiger charge is -2.32. The Bertz CT molecular complexity index is 975. The fraction of sp³-hybridized carbons (Fsp3) is 0.455. The number of hydrogen-bond acceptors (Lipinski definition) is 6.